The summed E-state index contributed by atoms with van der Waals surface area (Å²) in [7, 11) is 0. The molecule has 1 N–H and O–H groups in total. The monoisotopic (exact) mass is 483 g/mol. The van der Waals surface area contributed by atoms with E-state index in [0.29, 0.717) is 43.7 Å². The van der Waals surface area contributed by atoms with Gasteiger partial charge >= 0.3 is 12.1 Å². The van der Waals surface area contributed by atoms with Gasteiger partial charge in [0.2, 0.25) is 0 Å². The molecule has 168 valence electrons. The highest BCUT2D eigenvalue weighted by Gasteiger charge is 2.30. The third kappa shape index (κ3) is 5.41. The fourth-order valence-corrected chi connectivity index (χ4v) is 3.54. The average Bonchev–Trinajstić information content (AvgIpc) is 2.72. The van der Waals surface area contributed by atoms with E-state index in [1.807, 2.05) is 0 Å². The molecule has 0 aliphatic carbocycles. The Kier molecular flexibility index (Phi) is 7.12. The molecule has 0 radical (unpaired) electrons. The summed E-state index contributed by atoms with van der Waals surface area (Å²) >= 11 is 12.4. The van der Waals surface area contributed by atoms with Crippen LogP contribution in [0.25, 0.3) is 22.4 Å². The summed E-state index contributed by atoms with van der Waals surface area (Å²) < 4.78 is 44.3. The van der Waals surface area contributed by atoms with Gasteiger partial charge in [-0.15, -0.1) is 0 Å². The highest BCUT2D eigenvalue weighted by molar-refractivity contribution is 6.36. The molecule has 32 heavy (non-hydrogen) atoms. The molecule has 4 nitrogen and oxygen atoms in total. The van der Waals surface area contributed by atoms with Crippen LogP contribution in [0.4, 0.5) is 13.2 Å². The minimum absolute atomic E-state index is 0.0161. The van der Waals surface area contributed by atoms with E-state index in [4.69, 9.17) is 33.0 Å². The van der Waals surface area contributed by atoms with E-state index < -0.39 is 23.8 Å². The maximum Gasteiger partial charge on any atom is 0.416 e. The Bertz CT molecular complexity index is 1150. The van der Waals surface area contributed by atoms with Crippen molar-refractivity contribution in [3.63, 3.8) is 0 Å². The molecule has 0 saturated heterocycles. The fourth-order valence-electron chi connectivity index (χ4n) is 3.03. The van der Waals surface area contributed by atoms with Crippen LogP contribution in [0, 0.1) is 6.92 Å². The second-order valence-corrected chi connectivity index (χ2v) is 7.96. The number of hydrogen-bond acceptors (Lipinski definition) is 3. The number of nitrogens with zero attached hydrogens (tertiary/aromatic N) is 1. The number of rotatable bonds is 6. The van der Waals surface area contributed by atoms with Crippen LogP contribution in [0.5, 0.6) is 0 Å². The van der Waals surface area contributed by atoms with Gasteiger partial charge < -0.3 is 9.84 Å². The lowest BCUT2D eigenvalue weighted by Gasteiger charge is -2.17. The van der Waals surface area contributed by atoms with Crippen molar-refractivity contribution in [3.05, 3.63) is 75.4 Å². The number of aryl methyl sites for hydroxylation is 1. The summed E-state index contributed by atoms with van der Waals surface area (Å²) in [5, 5.41) is 9.81. The van der Waals surface area contributed by atoms with Crippen LogP contribution in [0.2, 0.25) is 10.0 Å². The molecule has 0 bridgehead atoms. The Morgan fingerprint density at radius 1 is 1.09 bits per heavy atom. The summed E-state index contributed by atoms with van der Waals surface area (Å²) in [4.78, 5) is 15.7. The van der Waals surface area contributed by atoms with Crippen LogP contribution in [-0.2, 0) is 22.3 Å². The summed E-state index contributed by atoms with van der Waals surface area (Å²) in [6, 6.07) is 11.3. The molecule has 0 amide bonds. The third-order valence-electron chi connectivity index (χ3n) is 4.86. The number of pyridine rings is 1. The Hall–Kier alpha value is -2.61. The van der Waals surface area contributed by atoms with E-state index in [2.05, 4.69) is 4.98 Å². The van der Waals surface area contributed by atoms with Gasteiger partial charge in [0.25, 0.3) is 0 Å². The van der Waals surface area contributed by atoms with Gasteiger partial charge in [-0.2, -0.15) is 13.2 Å². The van der Waals surface area contributed by atoms with E-state index >= 15 is 0 Å². The van der Waals surface area contributed by atoms with Gasteiger partial charge in [0.1, 0.15) is 0 Å². The molecule has 0 aliphatic rings. The van der Waals surface area contributed by atoms with Gasteiger partial charge in [0.05, 0.1) is 17.9 Å². The second kappa shape index (κ2) is 9.48. The SMILES string of the molecule is Cc1nc(-c2ccc(C(F)(F)F)cc2)c(-c2ccc(Cl)cc2Cl)cc1COC(C)C(=O)O. The van der Waals surface area contributed by atoms with Crippen molar-refractivity contribution in [1.82, 2.24) is 4.98 Å². The quantitative estimate of drug-likeness (QED) is 0.408. The van der Waals surface area contributed by atoms with Crippen molar-refractivity contribution >= 4 is 29.2 Å². The smallest absolute Gasteiger partial charge is 0.416 e. The zero-order valence-electron chi connectivity index (χ0n) is 17.0. The van der Waals surface area contributed by atoms with Gasteiger partial charge in [-0.25, -0.2) is 4.79 Å². The molecule has 0 spiro atoms. The van der Waals surface area contributed by atoms with Crippen molar-refractivity contribution in [2.45, 2.75) is 32.7 Å². The van der Waals surface area contributed by atoms with Gasteiger partial charge in [0.15, 0.2) is 6.10 Å². The first-order valence-corrected chi connectivity index (χ1v) is 10.2. The molecule has 1 unspecified atom stereocenters. The molecular weight excluding hydrogens is 466 g/mol. The maximum absolute atomic E-state index is 13.0. The van der Waals surface area contributed by atoms with Crippen LogP contribution in [0.3, 0.4) is 0 Å². The molecule has 3 rings (SSSR count). The van der Waals surface area contributed by atoms with Crippen molar-refractivity contribution in [3.8, 4) is 22.4 Å². The Labute approximate surface area is 192 Å². The predicted octanol–water partition coefficient (Wildman–Crippen LogP) is 7.04. The van der Waals surface area contributed by atoms with Crippen LogP contribution in [0.1, 0.15) is 23.7 Å². The number of halogens is 5. The lowest BCUT2D eigenvalue weighted by atomic mass is 9.96. The molecule has 0 saturated carbocycles. The first-order valence-electron chi connectivity index (χ1n) is 9.45. The second-order valence-electron chi connectivity index (χ2n) is 7.12. The topological polar surface area (TPSA) is 59.4 Å². The first-order chi connectivity index (χ1) is 15.0. The van der Waals surface area contributed by atoms with Crippen LogP contribution < -0.4 is 0 Å². The van der Waals surface area contributed by atoms with Gasteiger partial charge in [-0.05, 0) is 49.7 Å². The van der Waals surface area contributed by atoms with Crippen LogP contribution >= 0.6 is 23.2 Å². The molecular formula is C23H18Cl2F3NO3. The number of carboxylic acid groups (broad SMARTS) is 1. The molecule has 2 aromatic carbocycles. The van der Waals surface area contributed by atoms with E-state index in [1.165, 1.54) is 19.1 Å². The third-order valence-corrected chi connectivity index (χ3v) is 5.41. The number of carbonyl (C=O) groups is 1. The van der Waals surface area contributed by atoms with Crippen molar-refractivity contribution in [2.24, 2.45) is 0 Å². The maximum atomic E-state index is 13.0. The highest BCUT2D eigenvalue weighted by Crippen LogP contribution is 2.38. The Balaban J connectivity index is 2.13. The molecule has 1 aromatic heterocycles. The number of aromatic nitrogens is 1. The average molecular weight is 484 g/mol. The van der Waals surface area contributed by atoms with Gasteiger partial charge in [-0.1, -0.05) is 41.4 Å². The van der Waals surface area contributed by atoms with Crippen molar-refractivity contribution in [1.29, 1.82) is 0 Å². The number of aliphatic carboxylic acids is 1. The van der Waals surface area contributed by atoms with E-state index in [0.717, 1.165) is 12.1 Å². The first kappa shape index (κ1) is 24.0. The Morgan fingerprint density at radius 2 is 1.75 bits per heavy atom. The molecule has 1 atom stereocenters. The minimum Gasteiger partial charge on any atom is -0.479 e. The van der Waals surface area contributed by atoms with E-state index in [-0.39, 0.29) is 6.61 Å². The van der Waals surface area contributed by atoms with E-state index in [1.54, 1.807) is 31.2 Å². The predicted molar refractivity (Wildman–Crippen MR) is 117 cm³/mol. The molecule has 1 heterocycles. The fraction of sp³-hybridized carbons (Fsp3) is 0.217. The lowest BCUT2D eigenvalue weighted by molar-refractivity contribution is -0.149. The highest BCUT2D eigenvalue weighted by atomic mass is 35.5. The standard InChI is InChI=1S/C23H18Cl2F3NO3/c1-12-15(11-32-13(2)22(30)31)9-19(18-8-7-17(24)10-20(18)25)21(29-12)14-3-5-16(6-4-14)23(26,27)28/h3-10,13H,11H2,1-2H3,(H,30,31). The number of hydrogen-bond donors (Lipinski definition) is 1. The minimum atomic E-state index is -4.45. The molecule has 3 aromatic rings. The summed E-state index contributed by atoms with van der Waals surface area (Å²) in [5.41, 5.74) is 2.42. The number of benzene rings is 2. The number of carboxylic acids is 1. The number of alkyl halides is 3. The molecule has 0 fully saturated rings. The van der Waals surface area contributed by atoms with Crippen LogP contribution in [0.15, 0.2) is 48.5 Å². The van der Waals surface area contributed by atoms with Gasteiger partial charge in [0, 0.05) is 32.4 Å². The van der Waals surface area contributed by atoms with Crippen molar-refractivity contribution < 1.29 is 27.8 Å². The molecule has 0 aliphatic heterocycles. The Morgan fingerprint density at radius 3 is 2.31 bits per heavy atom. The van der Waals surface area contributed by atoms with Crippen molar-refractivity contribution in [2.75, 3.05) is 0 Å². The summed E-state index contributed by atoms with van der Waals surface area (Å²) in [5.74, 6) is -1.10. The summed E-state index contributed by atoms with van der Waals surface area (Å²) in [6.07, 6.45) is -5.47. The largest absolute Gasteiger partial charge is 0.479 e. The summed E-state index contributed by atoms with van der Waals surface area (Å²) in [6.45, 7) is 3.11. The molecule has 9 heteroatoms. The number of ether oxygens (including phenoxy) is 1. The van der Waals surface area contributed by atoms with E-state index in [9.17, 15) is 18.0 Å². The zero-order chi connectivity index (χ0) is 23.6. The zero-order valence-corrected chi connectivity index (χ0v) is 18.5. The van der Waals surface area contributed by atoms with Gasteiger partial charge in [-0.3, -0.25) is 4.98 Å². The normalized spacial score (nSPS) is 12.6. The van der Waals surface area contributed by atoms with Crippen LogP contribution in [-0.4, -0.2) is 22.2 Å². The lowest BCUT2D eigenvalue weighted by Crippen LogP contribution is -2.20.